The van der Waals surface area contributed by atoms with Crippen molar-refractivity contribution >= 4 is 8.37 Å². The molecule has 112 valence electrons. The summed E-state index contributed by atoms with van der Waals surface area (Å²) in [5, 5.41) is 0. The summed E-state index contributed by atoms with van der Waals surface area (Å²) in [5.74, 6) is 0. The van der Waals surface area contributed by atoms with Crippen LogP contribution in [0, 0.1) is 33.3 Å². The number of rotatable bonds is 3. The van der Waals surface area contributed by atoms with E-state index in [4.69, 9.17) is 23.3 Å². The van der Waals surface area contributed by atoms with Crippen molar-refractivity contribution in [3.05, 3.63) is 33.3 Å². The predicted octanol–water partition coefficient (Wildman–Crippen LogP) is -0.298. The van der Waals surface area contributed by atoms with Gasteiger partial charge in [0.1, 0.15) is 0 Å². The zero-order chi connectivity index (χ0) is 16.6. The summed E-state index contributed by atoms with van der Waals surface area (Å²) in [6.07, 6.45) is 0. The van der Waals surface area contributed by atoms with Crippen molar-refractivity contribution in [2.75, 3.05) is 39.3 Å². The van der Waals surface area contributed by atoms with Gasteiger partial charge in [-0.05, 0) is 0 Å². The normalized spacial score (nSPS) is 16.3. The van der Waals surface area contributed by atoms with E-state index in [-0.39, 0.29) is 29.4 Å². The zero-order valence-electron chi connectivity index (χ0n) is 11.0. The van der Waals surface area contributed by atoms with Gasteiger partial charge < -0.3 is 0 Å². The molecule has 3 heterocycles. The maximum absolute atomic E-state index is 7.50. The Morgan fingerprint density at radius 2 is 0.619 bits per heavy atom. The fourth-order valence-electron chi connectivity index (χ4n) is 1.35. The minimum atomic E-state index is -0.262. The van der Waals surface area contributed by atoms with Gasteiger partial charge in [-0.3, -0.25) is 0 Å². The van der Waals surface area contributed by atoms with Gasteiger partial charge in [0.25, 0.3) is 0 Å². The van der Waals surface area contributed by atoms with Crippen LogP contribution in [0.25, 0.3) is 0 Å². The Hall–Kier alpha value is -0.302. The first-order valence-electron chi connectivity index (χ1n) is 5.09. The summed E-state index contributed by atoms with van der Waals surface area (Å²) >= 11 is 0. The molecule has 0 aromatic heterocycles. The summed E-state index contributed by atoms with van der Waals surface area (Å²) in [6.45, 7) is 30.8. The van der Waals surface area contributed by atoms with Crippen molar-refractivity contribution in [1.29, 1.82) is 0 Å². The molecule has 8 nitrogen and oxygen atoms in total. The molecular formula is C11H13N3O5PW+. The van der Waals surface area contributed by atoms with Crippen LogP contribution in [-0.2, 0) is 44.3 Å². The van der Waals surface area contributed by atoms with Crippen LogP contribution in [0.15, 0.2) is 0 Å². The van der Waals surface area contributed by atoms with Crippen molar-refractivity contribution in [1.82, 2.24) is 14.0 Å². The van der Waals surface area contributed by atoms with Crippen LogP contribution < -0.4 is 0 Å². The topological polar surface area (TPSA) is 109 Å². The molecule has 0 unspecified atom stereocenters. The summed E-state index contributed by atoms with van der Waals surface area (Å²) in [6, 6.07) is 0. The molecule has 0 aliphatic carbocycles. The van der Waals surface area contributed by atoms with Gasteiger partial charge in [0.05, 0.1) is 39.3 Å². The summed E-state index contributed by atoms with van der Waals surface area (Å²) in [4.78, 5) is 0. The van der Waals surface area contributed by atoms with E-state index in [0.717, 1.165) is 0 Å². The molecule has 0 spiro atoms. The molecule has 0 N–H and O–H groups in total. The van der Waals surface area contributed by atoms with Crippen molar-refractivity contribution in [3.8, 4) is 0 Å². The second kappa shape index (κ2) is 22.0. The Morgan fingerprint density at radius 1 is 0.476 bits per heavy atom. The van der Waals surface area contributed by atoms with Crippen LogP contribution in [0.4, 0.5) is 0 Å². The molecule has 0 radical (unpaired) electrons. The van der Waals surface area contributed by atoms with E-state index < -0.39 is 0 Å². The molecule has 3 fully saturated rings. The van der Waals surface area contributed by atoms with Crippen molar-refractivity contribution in [3.63, 3.8) is 0 Å². The summed E-state index contributed by atoms with van der Waals surface area (Å²) in [7, 11) is -0.262. The third-order valence-corrected chi connectivity index (χ3v) is 5.23. The van der Waals surface area contributed by atoms with Crippen LogP contribution in [-0.4, -0.2) is 53.3 Å². The van der Waals surface area contributed by atoms with E-state index in [1.54, 1.807) is 0 Å². The smallest absolute Gasteiger partial charge is 0 e. The summed E-state index contributed by atoms with van der Waals surface area (Å²) < 4.78 is 45.4. The minimum Gasteiger partial charge on any atom is 0 e. The Bertz CT molecular complexity index is 272. The van der Waals surface area contributed by atoms with E-state index in [0.29, 0.717) is 0 Å². The van der Waals surface area contributed by atoms with Gasteiger partial charge >= 0.3 is 56.5 Å². The molecule has 0 atom stereocenters. The van der Waals surface area contributed by atoms with Crippen LogP contribution >= 0.6 is 8.37 Å². The Morgan fingerprint density at radius 3 is 0.714 bits per heavy atom. The third-order valence-electron chi connectivity index (χ3n) is 2.19. The van der Waals surface area contributed by atoms with E-state index in [1.165, 1.54) is 39.3 Å². The molecule has 0 aromatic carbocycles. The minimum absolute atomic E-state index is 0. The van der Waals surface area contributed by atoms with E-state index in [1.807, 2.05) is 0 Å². The number of nitrogens with zero attached hydrogens (tertiary/aromatic N) is 3. The van der Waals surface area contributed by atoms with Crippen LogP contribution in [0.1, 0.15) is 0 Å². The standard InChI is InChI=1S/C6H12N3P.5CO.W/c1-2-7(1)10(8-3-4-8)9-5-6-9;5*1-2;/h1-6H2;;;;;;/p+1. The van der Waals surface area contributed by atoms with Gasteiger partial charge in [0.2, 0.25) is 8.37 Å². The van der Waals surface area contributed by atoms with Gasteiger partial charge in [-0.1, -0.05) is 0 Å². The van der Waals surface area contributed by atoms with Crippen LogP contribution in [0.3, 0.4) is 0 Å². The van der Waals surface area contributed by atoms with Crippen LogP contribution in [0.5, 0.6) is 0 Å². The fourth-order valence-corrected chi connectivity index (χ4v) is 4.05. The molecule has 3 aliphatic heterocycles. The molecule has 3 saturated heterocycles. The van der Waals surface area contributed by atoms with Gasteiger partial charge in [0.15, 0.2) is 0 Å². The average Bonchev–Trinajstić information content (AvgIpc) is 3.41. The quantitative estimate of drug-likeness (QED) is 0.239. The van der Waals surface area contributed by atoms with Crippen molar-refractivity contribution < 1.29 is 44.3 Å². The SMILES string of the molecule is C1CN1[PH+](N1CC1)N1CC1.[C-]#[O+].[C-]#[O+].[C-]#[O+].[C-]#[O+].[C-]#[O+].[W]. The van der Waals surface area contributed by atoms with Gasteiger partial charge in [-0.25, -0.2) is 0 Å². The Kier molecular flexibility index (Phi) is 30.2. The first kappa shape index (κ1) is 28.8. The monoisotopic (exact) mass is 482 g/mol. The second-order valence-corrected chi connectivity index (χ2v) is 5.76. The molecule has 0 saturated carbocycles. The molecule has 3 rings (SSSR count). The van der Waals surface area contributed by atoms with Gasteiger partial charge in [-0.15, -0.1) is 14.0 Å². The van der Waals surface area contributed by atoms with E-state index >= 15 is 0 Å². The largest absolute Gasteiger partial charge is 0 e. The molecular weight excluding hydrogens is 469 g/mol. The first-order chi connectivity index (χ1) is 9.95. The maximum Gasteiger partial charge on any atom is 0 e. The van der Waals surface area contributed by atoms with E-state index in [2.05, 4.69) is 47.3 Å². The van der Waals surface area contributed by atoms with E-state index in [9.17, 15) is 0 Å². The van der Waals surface area contributed by atoms with Gasteiger partial charge in [0, 0.05) is 21.1 Å². The Labute approximate surface area is 139 Å². The molecule has 0 aromatic rings. The molecule has 10 heteroatoms. The first-order valence-corrected chi connectivity index (χ1v) is 6.43. The number of hydrogen-bond acceptors (Lipinski definition) is 3. The number of hydrogen-bond donors (Lipinski definition) is 0. The second-order valence-electron chi connectivity index (χ2n) is 3.26. The molecule has 0 bridgehead atoms. The third kappa shape index (κ3) is 14.4. The fraction of sp³-hybridized carbons (Fsp3) is 0.545. The van der Waals surface area contributed by atoms with Crippen molar-refractivity contribution in [2.24, 2.45) is 0 Å². The summed E-state index contributed by atoms with van der Waals surface area (Å²) in [5.41, 5.74) is 0. The molecule has 21 heavy (non-hydrogen) atoms. The zero-order valence-corrected chi connectivity index (χ0v) is 15.0. The predicted molar refractivity (Wildman–Crippen MR) is 62.7 cm³/mol. The van der Waals surface area contributed by atoms with Crippen LogP contribution in [0.2, 0.25) is 0 Å². The van der Waals surface area contributed by atoms with Gasteiger partial charge in [-0.2, -0.15) is 0 Å². The Balaban J connectivity index is -0.000000115. The van der Waals surface area contributed by atoms with Crippen molar-refractivity contribution in [2.45, 2.75) is 0 Å². The molecule has 3 aliphatic rings. The molecule has 0 amide bonds. The maximum atomic E-state index is 7.50. The average molecular weight is 482 g/mol.